The van der Waals surface area contributed by atoms with E-state index in [1.165, 1.54) is 0 Å². The summed E-state index contributed by atoms with van der Waals surface area (Å²) in [6.07, 6.45) is 7.14. The molecule has 2 bridgehead atoms. The second-order valence-electron chi connectivity index (χ2n) is 7.45. The van der Waals surface area contributed by atoms with E-state index in [0.29, 0.717) is 31.7 Å². The Bertz CT molecular complexity index is 490. The van der Waals surface area contributed by atoms with E-state index in [4.69, 9.17) is 0 Å². The Kier molecular flexibility index (Phi) is 2.48. The minimum Gasteiger partial charge on any atom is -0.391 e. The number of hydrogen-bond acceptors (Lipinski definition) is 4. The largest absolute Gasteiger partial charge is 0.391 e. The van der Waals surface area contributed by atoms with Gasteiger partial charge >= 0.3 is 0 Å². The average molecular weight is 277 g/mol. The van der Waals surface area contributed by atoms with Crippen LogP contribution >= 0.6 is 0 Å². The fourth-order valence-corrected chi connectivity index (χ4v) is 5.77. The quantitative estimate of drug-likeness (QED) is 0.700. The van der Waals surface area contributed by atoms with E-state index < -0.39 is 11.8 Å². The normalized spacial score (nSPS) is 53.8. The van der Waals surface area contributed by atoms with E-state index in [-0.39, 0.29) is 23.0 Å². The van der Waals surface area contributed by atoms with E-state index in [1.807, 2.05) is 11.1 Å². The van der Waals surface area contributed by atoms with Crippen molar-refractivity contribution in [1.82, 2.24) is 4.90 Å². The maximum absolute atomic E-state index is 12.5. The number of nitrogens with zero attached hydrogens (tertiary/aromatic N) is 1. The summed E-state index contributed by atoms with van der Waals surface area (Å²) in [6, 6.07) is 0. The minimum absolute atomic E-state index is 0.171. The number of carbonyl (C=O) groups excluding carboxylic acids is 1. The Morgan fingerprint density at radius 2 is 2.20 bits per heavy atom. The molecule has 2 N–H and O–H groups in total. The van der Waals surface area contributed by atoms with Gasteiger partial charge in [0.2, 0.25) is 0 Å². The van der Waals surface area contributed by atoms with Crippen molar-refractivity contribution >= 4 is 5.78 Å². The van der Waals surface area contributed by atoms with Crippen LogP contribution < -0.4 is 0 Å². The van der Waals surface area contributed by atoms with Gasteiger partial charge in [-0.25, -0.2) is 0 Å². The molecule has 20 heavy (non-hydrogen) atoms. The number of carbonyl (C=O) groups is 1. The lowest BCUT2D eigenvalue weighted by Crippen LogP contribution is -2.65. The maximum atomic E-state index is 12.5. The fourth-order valence-electron chi connectivity index (χ4n) is 5.77. The molecule has 6 unspecified atom stereocenters. The summed E-state index contributed by atoms with van der Waals surface area (Å²) in [5.41, 5.74) is -1.30. The van der Waals surface area contributed by atoms with Crippen LogP contribution in [-0.4, -0.2) is 39.3 Å². The molecule has 1 saturated heterocycles. The van der Waals surface area contributed by atoms with Crippen molar-refractivity contribution in [2.24, 2.45) is 23.2 Å². The highest BCUT2D eigenvalue weighted by Gasteiger charge is 2.70. The molecule has 6 atom stereocenters. The molecule has 0 amide bonds. The van der Waals surface area contributed by atoms with E-state index >= 15 is 0 Å². The van der Waals surface area contributed by atoms with E-state index in [2.05, 4.69) is 13.0 Å². The van der Waals surface area contributed by atoms with Crippen molar-refractivity contribution in [2.45, 2.75) is 50.9 Å². The number of ketones is 1. The lowest BCUT2D eigenvalue weighted by molar-refractivity contribution is -0.236. The molecule has 4 rings (SSSR count). The van der Waals surface area contributed by atoms with Gasteiger partial charge in [-0.1, -0.05) is 13.0 Å². The van der Waals surface area contributed by atoms with Crippen molar-refractivity contribution < 1.29 is 15.0 Å². The first-order valence-corrected chi connectivity index (χ1v) is 7.84. The van der Waals surface area contributed by atoms with Gasteiger partial charge in [-0.05, 0) is 43.7 Å². The van der Waals surface area contributed by atoms with Crippen LogP contribution in [-0.2, 0) is 4.79 Å². The molecule has 1 spiro atoms. The van der Waals surface area contributed by atoms with Crippen LogP contribution in [0.1, 0.15) is 39.0 Å². The average Bonchev–Trinajstić information content (AvgIpc) is 2.60. The van der Waals surface area contributed by atoms with E-state index in [9.17, 15) is 15.0 Å². The van der Waals surface area contributed by atoms with Crippen molar-refractivity contribution in [3.05, 3.63) is 12.3 Å². The first kappa shape index (κ1) is 12.8. The van der Waals surface area contributed by atoms with Crippen molar-refractivity contribution in [1.29, 1.82) is 0 Å². The van der Waals surface area contributed by atoms with Gasteiger partial charge in [-0.3, -0.25) is 4.79 Å². The summed E-state index contributed by atoms with van der Waals surface area (Å²) >= 11 is 0. The first-order chi connectivity index (χ1) is 9.47. The fraction of sp³-hybridized carbons (Fsp3) is 0.812. The van der Waals surface area contributed by atoms with E-state index in [0.717, 1.165) is 12.8 Å². The Labute approximate surface area is 119 Å². The molecule has 3 fully saturated rings. The monoisotopic (exact) mass is 277 g/mol. The molecular weight excluding hydrogens is 254 g/mol. The molecule has 2 heterocycles. The van der Waals surface area contributed by atoms with Gasteiger partial charge in [0, 0.05) is 24.3 Å². The molecule has 4 heteroatoms. The van der Waals surface area contributed by atoms with Crippen LogP contribution in [0.5, 0.6) is 0 Å². The number of allylic oxidation sites excluding steroid dienone is 1. The lowest BCUT2D eigenvalue weighted by Gasteiger charge is -2.60. The van der Waals surface area contributed by atoms with Gasteiger partial charge < -0.3 is 15.1 Å². The van der Waals surface area contributed by atoms with Gasteiger partial charge in [0.1, 0.15) is 11.5 Å². The standard InChI is InChI=1S/C16H23NO3/c1-10-5-11-6-14(19)13-7-12(18)9-17-4-2-3-15(11,13)16(17,20)8-10/h2,4,10-13,18,20H,3,5-9H2,1H3. The maximum Gasteiger partial charge on any atom is 0.144 e. The summed E-state index contributed by atoms with van der Waals surface area (Å²) in [5, 5.41) is 21.8. The summed E-state index contributed by atoms with van der Waals surface area (Å²) < 4.78 is 0. The number of hydrogen-bond donors (Lipinski definition) is 2. The third-order valence-corrected chi connectivity index (χ3v) is 6.38. The van der Waals surface area contributed by atoms with E-state index in [1.54, 1.807) is 0 Å². The molecule has 0 aromatic heterocycles. The number of rotatable bonds is 0. The van der Waals surface area contributed by atoms with Gasteiger partial charge in [-0.2, -0.15) is 0 Å². The van der Waals surface area contributed by atoms with Crippen LogP contribution in [0.25, 0.3) is 0 Å². The molecule has 2 saturated carbocycles. The zero-order valence-corrected chi connectivity index (χ0v) is 12.0. The summed E-state index contributed by atoms with van der Waals surface area (Å²) in [4.78, 5) is 14.5. The summed E-state index contributed by atoms with van der Waals surface area (Å²) in [6.45, 7) is 2.61. The second-order valence-corrected chi connectivity index (χ2v) is 7.45. The zero-order chi connectivity index (χ0) is 14.1. The Hall–Kier alpha value is -0.870. The number of aliphatic hydroxyl groups excluding tert-OH is 1. The highest BCUT2D eigenvalue weighted by Crippen LogP contribution is 2.66. The number of aliphatic hydroxyl groups is 2. The molecule has 0 aromatic carbocycles. The molecular formula is C16H23NO3. The Balaban J connectivity index is 1.93. The van der Waals surface area contributed by atoms with Crippen LogP contribution in [0.15, 0.2) is 12.3 Å². The molecule has 0 aromatic rings. The smallest absolute Gasteiger partial charge is 0.144 e. The Morgan fingerprint density at radius 1 is 1.40 bits per heavy atom. The SMILES string of the molecule is CC1CC2CC(=O)C3CC(O)CN4C=CCC23C4(O)C1. The van der Waals surface area contributed by atoms with Crippen molar-refractivity contribution in [2.75, 3.05) is 6.54 Å². The molecule has 2 aliphatic heterocycles. The first-order valence-electron chi connectivity index (χ1n) is 7.84. The summed E-state index contributed by atoms with van der Waals surface area (Å²) in [7, 11) is 0. The van der Waals surface area contributed by atoms with Gasteiger partial charge in [0.15, 0.2) is 0 Å². The predicted octanol–water partition coefficient (Wildman–Crippen LogP) is 1.28. The molecule has 2 aliphatic carbocycles. The van der Waals surface area contributed by atoms with Crippen LogP contribution in [0, 0.1) is 23.2 Å². The molecule has 110 valence electrons. The molecule has 4 aliphatic rings. The van der Waals surface area contributed by atoms with Crippen LogP contribution in [0.4, 0.5) is 0 Å². The van der Waals surface area contributed by atoms with Gasteiger partial charge in [-0.15, -0.1) is 0 Å². The Morgan fingerprint density at radius 3 is 3.00 bits per heavy atom. The van der Waals surface area contributed by atoms with Gasteiger partial charge in [0.25, 0.3) is 0 Å². The predicted molar refractivity (Wildman–Crippen MR) is 73.5 cm³/mol. The van der Waals surface area contributed by atoms with Crippen LogP contribution in [0.3, 0.4) is 0 Å². The summed E-state index contributed by atoms with van der Waals surface area (Å²) in [5.74, 6) is 0.786. The van der Waals surface area contributed by atoms with Crippen LogP contribution in [0.2, 0.25) is 0 Å². The van der Waals surface area contributed by atoms with Crippen molar-refractivity contribution in [3.8, 4) is 0 Å². The topological polar surface area (TPSA) is 60.8 Å². The number of Topliss-reactive ketones (excluding diaryl/α,β-unsaturated/α-hetero) is 1. The third-order valence-electron chi connectivity index (χ3n) is 6.38. The highest BCUT2D eigenvalue weighted by atomic mass is 16.3. The minimum atomic E-state index is -0.946. The third kappa shape index (κ3) is 1.32. The lowest BCUT2D eigenvalue weighted by atomic mass is 9.54. The second kappa shape index (κ2) is 3.86. The zero-order valence-electron chi connectivity index (χ0n) is 12.0. The van der Waals surface area contributed by atoms with Crippen molar-refractivity contribution in [3.63, 3.8) is 0 Å². The molecule has 4 nitrogen and oxygen atoms in total. The van der Waals surface area contributed by atoms with Gasteiger partial charge in [0.05, 0.1) is 6.10 Å². The molecule has 0 radical (unpaired) electrons. The highest BCUT2D eigenvalue weighted by molar-refractivity contribution is 5.85.